The number of benzene rings is 3. The number of aryl methyl sites for hydroxylation is 1. The summed E-state index contributed by atoms with van der Waals surface area (Å²) < 4.78 is 1.82. The van der Waals surface area contributed by atoms with Crippen LogP contribution in [0.3, 0.4) is 0 Å². The van der Waals surface area contributed by atoms with Crippen LogP contribution in [0.15, 0.2) is 83.2 Å². The summed E-state index contributed by atoms with van der Waals surface area (Å²) in [5.74, 6) is 0.267. The number of nitrogens with one attached hydrogen (secondary N) is 2. The third-order valence-electron chi connectivity index (χ3n) is 5.14. The molecule has 0 radical (unpaired) electrons. The van der Waals surface area contributed by atoms with Crippen molar-refractivity contribution in [1.29, 1.82) is 0 Å². The topological polar surface area (TPSA) is 71.1 Å². The fraction of sp³-hybridized carbons (Fsp3) is 0.192. The second-order valence-corrected chi connectivity index (χ2v) is 9.94. The Morgan fingerprint density at radius 1 is 0.970 bits per heavy atom. The Morgan fingerprint density at radius 2 is 1.70 bits per heavy atom. The number of anilines is 1. The van der Waals surface area contributed by atoms with Gasteiger partial charge in [0.15, 0.2) is 4.34 Å². The van der Waals surface area contributed by atoms with E-state index < -0.39 is 0 Å². The van der Waals surface area contributed by atoms with Crippen molar-refractivity contribution in [1.82, 2.24) is 10.3 Å². The lowest BCUT2D eigenvalue weighted by atomic mass is 10.1. The minimum Gasteiger partial charge on any atom is -0.349 e. The van der Waals surface area contributed by atoms with Crippen LogP contribution in [0.5, 0.6) is 0 Å². The molecule has 3 aromatic carbocycles. The van der Waals surface area contributed by atoms with Crippen LogP contribution in [0.4, 0.5) is 5.69 Å². The normalized spacial score (nSPS) is 11.8. The summed E-state index contributed by atoms with van der Waals surface area (Å²) in [6, 6.07) is 25.6. The molecule has 0 saturated heterocycles. The van der Waals surface area contributed by atoms with Crippen LogP contribution in [0.25, 0.3) is 10.2 Å². The predicted octanol–water partition coefficient (Wildman–Crippen LogP) is 5.84. The number of thiazole rings is 1. The summed E-state index contributed by atoms with van der Waals surface area (Å²) in [4.78, 5) is 29.3. The van der Waals surface area contributed by atoms with E-state index in [0.29, 0.717) is 18.6 Å². The number of amides is 2. The van der Waals surface area contributed by atoms with Crippen LogP contribution in [-0.2, 0) is 16.0 Å². The Kier molecular flexibility index (Phi) is 7.75. The van der Waals surface area contributed by atoms with Crippen molar-refractivity contribution < 1.29 is 9.59 Å². The van der Waals surface area contributed by atoms with Crippen LogP contribution in [0, 0.1) is 0 Å². The molecular formula is C26H25N3O2S2. The molecule has 0 bridgehead atoms. The Balaban J connectivity index is 1.29. The molecule has 1 heterocycles. The van der Waals surface area contributed by atoms with Crippen molar-refractivity contribution in [3.8, 4) is 0 Å². The lowest BCUT2D eigenvalue weighted by molar-refractivity contribution is -0.119. The third-order valence-corrected chi connectivity index (χ3v) is 7.30. The molecule has 168 valence electrons. The first-order chi connectivity index (χ1) is 16.1. The van der Waals surface area contributed by atoms with E-state index in [-0.39, 0.29) is 17.9 Å². The van der Waals surface area contributed by atoms with Gasteiger partial charge in [-0.15, -0.1) is 11.3 Å². The molecule has 0 aliphatic rings. The van der Waals surface area contributed by atoms with Crippen LogP contribution >= 0.6 is 23.1 Å². The molecule has 33 heavy (non-hydrogen) atoms. The fourth-order valence-electron chi connectivity index (χ4n) is 3.40. The van der Waals surface area contributed by atoms with Crippen molar-refractivity contribution in [2.24, 2.45) is 0 Å². The number of hydrogen-bond donors (Lipinski definition) is 2. The first-order valence-electron chi connectivity index (χ1n) is 10.8. The molecule has 4 aromatic rings. The monoisotopic (exact) mass is 475 g/mol. The van der Waals surface area contributed by atoms with Gasteiger partial charge in [-0.2, -0.15) is 0 Å². The number of aromatic nitrogens is 1. The van der Waals surface area contributed by atoms with Gasteiger partial charge >= 0.3 is 0 Å². The van der Waals surface area contributed by atoms with E-state index in [4.69, 9.17) is 0 Å². The zero-order valence-corrected chi connectivity index (χ0v) is 19.9. The zero-order chi connectivity index (χ0) is 23.0. The van der Waals surface area contributed by atoms with Gasteiger partial charge in [-0.3, -0.25) is 9.59 Å². The molecule has 4 rings (SSSR count). The van der Waals surface area contributed by atoms with Gasteiger partial charge in [-0.1, -0.05) is 72.4 Å². The minimum atomic E-state index is -0.0391. The number of thioether (sulfide) groups is 1. The van der Waals surface area contributed by atoms with E-state index in [9.17, 15) is 9.59 Å². The van der Waals surface area contributed by atoms with Crippen LogP contribution in [0.1, 0.15) is 30.5 Å². The number of fused-ring (bicyclic) bond motifs is 1. The maximum atomic E-state index is 12.4. The molecule has 7 heteroatoms. The van der Waals surface area contributed by atoms with Gasteiger partial charge < -0.3 is 10.6 Å². The summed E-state index contributed by atoms with van der Waals surface area (Å²) >= 11 is 2.95. The number of hydrogen-bond acceptors (Lipinski definition) is 5. The molecule has 0 aliphatic carbocycles. The third kappa shape index (κ3) is 6.66. The molecule has 0 spiro atoms. The predicted molar refractivity (Wildman–Crippen MR) is 137 cm³/mol. The maximum absolute atomic E-state index is 12.4. The van der Waals surface area contributed by atoms with Gasteiger partial charge in [0.25, 0.3) is 0 Å². The van der Waals surface area contributed by atoms with Crippen molar-refractivity contribution in [2.45, 2.75) is 30.1 Å². The van der Waals surface area contributed by atoms with E-state index in [1.165, 1.54) is 23.1 Å². The van der Waals surface area contributed by atoms with E-state index in [0.717, 1.165) is 31.4 Å². The van der Waals surface area contributed by atoms with Crippen LogP contribution in [-0.4, -0.2) is 22.6 Å². The van der Waals surface area contributed by atoms with Crippen molar-refractivity contribution in [3.05, 3.63) is 90.0 Å². The highest BCUT2D eigenvalue weighted by Gasteiger charge is 2.12. The SMILES string of the molecule is C[C@H](NC(=O)CSc1nc2ccc(NC(=O)CCc3ccccc3)cc2s1)c1ccccc1. The first-order valence-corrected chi connectivity index (χ1v) is 12.6. The van der Waals surface area contributed by atoms with E-state index in [1.807, 2.05) is 85.8 Å². The second-order valence-electron chi connectivity index (χ2n) is 7.68. The lowest BCUT2D eigenvalue weighted by Gasteiger charge is -2.13. The number of nitrogens with zero attached hydrogens (tertiary/aromatic N) is 1. The van der Waals surface area contributed by atoms with Gasteiger partial charge in [0.2, 0.25) is 11.8 Å². The van der Waals surface area contributed by atoms with E-state index in [2.05, 4.69) is 15.6 Å². The van der Waals surface area contributed by atoms with Crippen LogP contribution in [0.2, 0.25) is 0 Å². The molecule has 2 amide bonds. The highest BCUT2D eigenvalue weighted by Crippen LogP contribution is 2.31. The first kappa shape index (κ1) is 23.0. The quantitative estimate of drug-likeness (QED) is 0.299. The highest BCUT2D eigenvalue weighted by molar-refractivity contribution is 8.01. The zero-order valence-electron chi connectivity index (χ0n) is 18.3. The Labute approximate surface area is 201 Å². The summed E-state index contributed by atoms with van der Waals surface area (Å²) in [7, 11) is 0. The largest absolute Gasteiger partial charge is 0.349 e. The van der Waals surface area contributed by atoms with Gasteiger partial charge in [0.1, 0.15) is 0 Å². The van der Waals surface area contributed by atoms with E-state index >= 15 is 0 Å². The molecule has 2 N–H and O–H groups in total. The summed E-state index contributed by atoms with van der Waals surface area (Å²) in [6.07, 6.45) is 1.14. The van der Waals surface area contributed by atoms with Crippen molar-refractivity contribution in [2.75, 3.05) is 11.1 Å². The minimum absolute atomic E-state index is 0.0125. The Bertz CT molecular complexity index is 1230. The van der Waals surface area contributed by atoms with Crippen molar-refractivity contribution in [3.63, 3.8) is 0 Å². The van der Waals surface area contributed by atoms with E-state index in [1.54, 1.807) is 0 Å². The molecule has 0 unspecified atom stereocenters. The molecule has 0 saturated carbocycles. The molecule has 1 aromatic heterocycles. The van der Waals surface area contributed by atoms with Gasteiger partial charge in [-0.25, -0.2) is 4.98 Å². The van der Waals surface area contributed by atoms with Gasteiger partial charge in [-0.05, 0) is 42.7 Å². The Morgan fingerprint density at radius 3 is 2.45 bits per heavy atom. The smallest absolute Gasteiger partial charge is 0.230 e. The summed E-state index contributed by atoms with van der Waals surface area (Å²) in [6.45, 7) is 1.98. The molecule has 0 fully saturated rings. The second kappa shape index (κ2) is 11.1. The molecule has 5 nitrogen and oxygen atoms in total. The number of carbonyl (C=O) groups excluding carboxylic acids is 2. The van der Waals surface area contributed by atoms with Crippen molar-refractivity contribution >= 4 is 50.8 Å². The maximum Gasteiger partial charge on any atom is 0.230 e. The lowest BCUT2D eigenvalue weighted by Crippen LogP contribution is -2.28. The standard InChI is InChI=1S/C26H25N3O2S2/c1-18(20-10-6-3-7-11-20)27-25(31)17-32-26-29-22-14-13-21(16-23(22)33-26)28-24(30)15-12-19-8-4-2-5-9-19/h2-11,13-14,16,18H,12,15,17H2,1H3,(H,27,31)(H,28,30)/t18-/m0/s1. The average molecular weight is 476 g/mol. The van der Waals surface area contributed by atoms with Gasteiger partial charge in [0.05, 0.1) is 22.0 Å². The summed E-state index contributed by atoms with van der Waals surface area (Å²) in [5, 5.41) is 5.99. The number of rotatable bonds is 9. The average Bonchev–Trinajstić information content (AvgIpc) is 3.25. The fourth-order valence-corrected chi connectivity index (χ4v) is 5.32. The molecule has 0 aliphatic heterocycles. The summed E-state index contributed by atoms with van der Waals surface area (Å²) in [5.41, 5.74) is 3.85. The van der Waals surface area contributed by atoms with Crippen LogP contribution < -0.4 is 10.6 Å². The Hall–Kier alpha value is -3.16. The molecule has 1 atom stereocenters. The highest BCUT2D eigenvalue weighted by atomic mass is 32.2. The van der Waals surface area contributed by atoms with Gasteiger partial charge in [0, 0.05) is 12.1 Å². The number of carbonyl (C=O) groups is 2. The molecular weight excluding hydrogens is 450 g/mol.